The topological polar surface area (TPSA) is 92.9 Å². The van der Waals surface area contributed by atoms with Crippen LogP contribution in [0.3, 0.4) is 0 Å². The van der Waals surface area contributed by atoms with E-state index >= 15 is 0 Å². The number of likely N-dealkylation sites (tertiary alicyclic amines) is 1. The van der Waals surface area contributed by atoms with Gasteiger partial charge < -0.3 is 20.5 Å². The number of aliphatic carboxylic acids is 1. The summed E-state index contributed by atoms with van der Waals surface area (Å²) in [4.78, 5) is 24.2. The Morgan fingerprint density at radius 2 is 2.06 bits per heavy atom. The average molecular weight is 244 g/mol. The number of carboxylic acid groups (broad SMARTS) is 1. The summed E-state index contributed by atoms with van der Waals surface area (Å²) >= 11 is 0. The fourth-order valence-electron chi connectivity index (χ4n) is 2.11. The third-order valence-electron chi connectivity index (χ3n) is 3.16. The van der Waals surface area contributed by atoms with Crippen LogP contribution < -0.4 is 5.73 Å². The molecule has 0 aromatic carbocycles. The van der Waals surface area contributed by atoms with E-state index in [-0.39, 0.29) is 24.8 Å². The molecule has 1 amide bonds. The molecule has 1 rings (SSSR count). The highest BCUT2D eigenvalue weighted by Gasteiger charge is 2.28. The van der Waals surface area contributed by atoms with Crippen molar-refractivity contribution in [1.82, 2.24) is 4.90 Å². The maximum atomic E-state index is 11.9. The Hall–Kier alpha value is -1.14. The molecule has 1 heterocycles. The second-order valence-corrected chi connectivity index (χ2v) is 4.33. The first-order valence-corrected chi connectivity index (χ1v) is 5.82. The fraction of sp³-hybridized carbons (Fsp3) is 0.818. The number of methoxy groups -OCH3 is 1. The Balaban J connectivity index is 2.40. The summed E-state index contributed by atoms with van der Waals surface area (Å²) in [5, 5.41) is 8.69. The van der Waals surface area contributed by atoms with Crippen molar-refractivity contribution in [2.75, 3.05) is 26.7 Å². The van der Waals surface area contributed by atoms with Crippen molar-refractivity contribution in [2.45, 2.75) is 25.4 Å². The maximum absolute atomic E-state index is 11.9. The van der Waals surface area contributed by atoms with Gasteiger partial charge in [-0.1, -0.05) is 0 Å². The molecule has 6 heteroatoms. The van der Waals surface area contributed by atoms with E-state index in [4.69, 9.17) is 15.6 Å². The Labute approximate surface area is 101 Å². The zero-order chi connectivity index (χ0) is 12.8. The van der Waals surface area contributed by atoms with Gasteiger partial charge in [0.1, 0.15) is 6.10 Å². The average Bonchev–Trinajstić information content (AvgIpc) is 2.30. The SMILES string of the molecule is COC(CN)C(=O)N1CCC(CC(=O)O)CC1. The number of carboxylic acids is 1. The van der Waals surface area contributed by atoms with E-state index in [0.29, 0.717) is 13.1 Å². The molecule has 1 aliphatic rings. The third-order valence-corrected chi connectivity index (χ3v) is 3.16. The molecule has 0 aliphatic carbocycles. The van der Waals surface area contributed by atoms with Gasteiger partial charge in [-0.15, -0.1) is 0 Å². The summed E-state index contributed by atoms with van der Waals surface area (Å²) < 4.78 is 5.00. The van der Waals surface area contributed by atoms with E-state index in [1.165, 1.54) is 7.11 Å². The molecule has 0 aromatic heterocycles. The van der Waals surface area contributed by atoms with E-state index < -0.39 is 12.1 Å². The van der Waals surface area contributed by atoms with E-state index in [2.05, 4.69) is 0 Å². The second-order valence-electron chi connectivity index (χ2n) is 4.33. The maximum Gasteiger partial charge on any atom is 0.303 e. The summed E-state index contributed by atoms with van der Waals surface area (Å²) in [5.41, 5.74) is 5.43. The molecule has 0 saturated carbocycles. The van der Waals surface area contributed by atoms with Crippen molar-refractivity contribution in [3.8, 4) is 0 Å². The van der Waals surface area contributed by atoms with E-state index in [1.54, 1.807) is 4.90 Å². The normalized spacial score (nSPS) is 19.1. The minimum absolute atomic E-state index is 0.0937. The first-order valence-electron chi connectivity index (χ1n) is 5.82. The van der Waals surface area contributed by atoms with Gasteiger partial charge in [0.2, 0.25) is 0 Å². The van der Waals surface area contributed by atoms with Crippen LogP contribution >= 0.6 is 0 Å². The first-order chi connectivity index (χ1) is 8.08. The van der Waals surface area contributed by atoms with Crippen molar-refractivity contribution < 1.29 is 19.4 Å². The van der Waals surface area contributed by atoms with Crippen LogP contribution in [-0.2, 0) is 14.3 Å². The van der Waals surface area contributed by atoms with Crippen LogP contribution in [0.1, 0.15) is 19.3 Å². The van der Waals surface area contributed by atoms with Gasteiger partial charge in [0.15, 0.2) is 0 Å². The van der Waals surface area contributed by atoms with Crippen molar-refractivity contribution in [3.05, 3.63) is 0 Å². The van der Waals surface area contributed by atoms with Gasteiger partial charge in [0.25, 0.3) is 5.91 Å². The zero-order valence-corrected chi connectivity index (χ0v) is 10.1. The van der Waals surface area contributed by atoms with Crippen LogP contribution in [0, 0.1) is 5.92 Å². The Bertz CT molecular complexity index is 271. The van der Waals surface area contributed by atoms with Gasteiger partial charge in [-0.3, -0.25) is 9.59 Å². The van der Waals surface area contributed by atoms with E-state index in [0.717, 1.165) is 12.8 Å². The number of ether oxygens (including phenoxy) is 1. The number of carbonyl (C=O) groups is 2. The number of nitrogens with zero attached hydrogens (tertiary/aromatic N) is 1. The molecule has 3 N–H and O–H groups in total. The minimum Gasteiger partial charge on any atom is -0.481 e. The molecule has 0 aromatic rings. The largest absolute Gasteiger partial charge is 0.481 e. The number of hydrogen-bond donors (Lipinski definition) is 2. The van der Waals surface area contributed by atoms with Crippen LogP contribution in [0.4, 0.5) is 0 Å². The molecule has 0 bridgehead atoms. The lowest BCUT2D eigenvalue weighted by Gasteiger charge is -2.33. The standard InChI is InChI=1S/C11H20N2O4/c1-17-9(7-12)11(16)13-4-2-8(3-5-13)6-10(14)15/h8-9H,2-7,12H2,1H3,(H,14,15). The van der Waals surface area contributed by atoms with Gasteiger partial charge in [0, 0.05) is 33.2 Å². The Morgan fingerprint density at radius 1 is 1.47 bits per heavy atom. The van der Waals surface area contributed by atoms with Crippen molar-refractivity contribution in [2.24, 2.45) is 11.7 Å². The number of amides is 1. The number of carbonyl (C=O) groups excluding carboxylic acids is 1. The second kappa shape index (κ2) is 6.56. The van der Waals surface area contributed by atoms with Crippen LogP contribution in [0.5, 0.6) is 0 Å². The lowest BCUT2D eigenvalue weighted by Crippen LogP contribution is -2.47. The Morgan fingerprint density at radius 3 is 2.47 bits per heavy atom. The third kappa shape index (κ3) is 3.98. The summed E-state index contributed by atoms with van der Waals surface area (Å²) in [6.07, 6.45) is 1.08. The number of rotatable bonds is 5. The summed E-state index contributed by atoms with van der Waals surface area (Å²) in [5.74, 6) is -0.689. The van der Waals surface area contributed by atoms with Crippen LogP contribution in [0.25, 0.3) is 0 Å². The van der Waals surface area contributed by atoms with Gasteiger partial charge in [-0.05, 0) is 18.8 Å². The molecule has 1 saturated heterocycles. The van der Waals surface area contributed by atoms with Gasteiger partial charge in [-0.2, -0.15) is 0 Å². The molecule has 0 spiro atoms. The van der Waals surface area contributed by atoms with Crippen molar-refractivity contribution in [1.29, 1.82) is 0 Å². The predicted octanol–water partition coefficient (Wildman–Crippen LogP) is -0.327. The molecular formula is C11H20N2O4. The molecule has 6 nitrogen and oxygen atoms in total. The van der Waals surface area contributed by atoms with Crippen LogP contribution in [0.15, 0.2) is 0 Å². The number of nitrogens with two attached hydrogens (primary N) is 1. The van der Waals surface area contributed by atoms with Crippen LogP contribution in [-0.4, -0.2) is 54.7 Å². The molecular weight excluding hydrogens is 224 g/mol. The van der Waals surface area contributed by atoms with Gasteiger partial charge >= 0.3 is 5.97 Å². The summed E-state index contributed by atoms with van der Waals surface area (Å²) in [7, 11) is 1.46. The Kier molecular flexibility index (Phi) is 5.37. The van der Waals surface area contributed by atoms with Gasteiger partial charge in [-0.25, -0.2) is 0 Å². The van der Waals surface area contributed by atoms with E-state index in [1.807, 2.05) is 0 Å². The van der Waals surface area contributed by atoms with Crippen LogP contribution in [0.2, 0.25) is 0 Å². The molecule has 1 unspecified atom stereocenters. The number of hydrogen-bond acceptors (Lipinski definition) is 4. The predicted molar refractivity (Wildman–Crippen MR) is 61.4 cm³/mol. The smallest absolute Gasteiger partial charge is 0.303 e. The lowest BCUT2D eigenvalue weighted by atomic mass is 9.93. The monoisotopic (exact) mass is 244 g/mol. The minimum atomic E-state index is -0.772. The van der Waals surface area contributed by atoms with Gasteiger partial charge in [0.05, 0.1) is 0 Å². The molecule has 0 radical (unpaired) electrons. The van der Waals surface area contributed by atoms with Crippen molar-refractivity contribution >= 4 is 11.9 Å². The van der Waals surface area contributed by atoms with Crippen molar-refractivity contribution in [3.63, 3.8) is 0 Å². The first kappa shape index (κ1) is 13.9. The highest BCUT2D eigenvalue weighted by atomic mass is 16.5. The van der Waals surface area contributed by atoms with E-state index in [9.17, 15) is 9.59 Å². The lowest BCUT2D eigenvalue weighted by molar-refractivity contribution is -0.143. The highest BCUT2D eigenvalue weighted by molar-refractivity contribution is 5.81. The molecule has 98 valence electrons. The fourth-order valence-corrected chi connectivity index (χ4v) is 2.11. The number of piperidine rings is 1. The molecule has 1 atom stereocenters. The zero-order valence-electron chi connectivity index (χ0n) is 10.1. The molecule has 1 aliphatic heterocycles. The quantitative estimate of drug-likeness (QED) is 0.691. The highest BCUT2D eigenvalue weighted by Crippen LogP contribution is 2.21. The molecule has 17 heavy (non-hydrogen) atoms. The molecule has 1 fully saturated rings. The summed E-state index contributed by atoms with van der Waals surface area (Å²) in [6.45, 7) is 1.36. The summed E-state index contributed by atoms with van der Waals surface area (Å²) in [6, 6.07) is 0.